The smallest absolute Gasteiger partial charge is 0.125 e. The van der Waals surface area contributed by atoms with Gasteiger partial charge in [-0.25, -0.2) is 0 Å². The lowest BCUT2D eigenvalue weighted by Gasteiger charge is -2.17. The molecule has 0 aliphatic rings. The number of aliphatic hydroxyl groups excluding tert-OH is 1. The molecule has 0 spiro atoms. The summed E-state index contributed by atoms with van der Waals surface area (Å²) in [6.45, 7) is 2.09. The zero-order chi connectivity index (χ0) is 13.8. The molecular formula is C16H17BrO2. The number of methoxy groups -OCH3 is 1. The maximum Gasteiger partial charge on any atom is 0.125 e. The topological polar surface area (TPSA) is 29.5 Å². The van der Waals surface area contributed by atoms with E-state index in [-0.39, 0.29) is 0 Å². The minimum Gasteiger partial charge on any atom is -0.496 e. The summed E-state index contributed by atoms with van der Waals surface area (Å²) < 4.78 is 6.41. The van der Waals surface area contributed by atoms with Crippen LogP contribution in [0.1, 0.15) is 29.7 Å². The Labute approximate surface area is 122 Å². The van der Waals surface area contributed by atoms with E-state index in [9.17, 15) is 5.11 Å². The van der Waals surface area contributed by atoms with Crippen LogP contribution in [0.25, 0.3) is 0 Å². The van der Waals surface area contributed by atoms with Crippen LogP contribution in [0.5, 0.6) is 5.75 Å². The van der Waals surface area contributed by atoms with Crippen molar-refractivity contribution in [1.82, 2.24) is 0 Å². The van der Waals surface area contributed by atoms with Crippen molar-refractivity contribution in [2.45, 2.75) is 19.4 Å². The molecule has 0 aliphatic heterocycles. The van der Waals surface area contributed by atoms with Gasteiger partial charge in [0.05, 0.1) is 7.11 Å². The average Bonchev–Trinajstić information content (AvgIpc) is 2.47. The lowest BCUT2D eigenvalue weighted by Crippen LogP contribution is -2.03. The van der Waals surface area contributed by atoms with Gasteiger partial charge in [-0.3, -0.25) is 0 Å². The van der Waals surface area contributed by atoms with Crippen LogP contribution < -0.4 is 4.74 Å². The van der Waals surface area contributed by atoms with Crippen LogP contribution >= 0.6 is 15.9 Å². The molecule has 1 atom stereocenters. The van der Waals surface area contributed by atoms with Gasteiger partial charge in [-0.2, -0.15) is 0 Å². The maximum absolute atomic E-state index is 10.5. The molecule has 1 N–H and O–H groups in total. The highest BCUT2D eigenvalue weighted by Crippen LogP contribution is 2.34. The van der Waals surface area contributed by atoms with Crippen molar-refractivity contribution < 1.29 is 9.84 Å². The molecule has 3 heteroatoms. The zero-order valence-corrected chi connectivity index (χ0v) is 12.6. The number of ether oxygens (including phenoxy) is 1. The van der Waals surface area contributed by atoms with Gasteiger partial charge in [0.25, 0.3) is 0 Å². The first kappa shape index (κ1) is 14.1. The predicted octanol–water partition coefficient (Wildman–Crippen LogP) is 4.10. The van der Waals surface area contributed by atoms with Crippen LogP contribution in [-0.2, 0) is 6.42 Å². The summed E-state index contributed by atoms with van der Waals surface area (Å²) in [6, 6.07) is 13.5. The molecule has 1 unspecified atom stereocenters. The fourth-order valence-electron chi connectivity index (χ4n) is 2.09. The van der Waals surface area contributed by atoms with Crippen molar-refractivity contribution in [2.24, 2.45) is 0 Å². The van der Waals surface area contributed by atoms with Crippen LogP contribution in [-0.4, -0.2) is 12.2 Å². The van der Waals surface area contributed by atoms with E-state index in [1.54, 1.807) is 7.11 Å². The average molecular weight is 321 g/mol. The Morgan fingerprint density at radius 2 is 1.89 bits per heavy atom. The minimum absolute atomic E-state index is 0.682. The van der Waals surface area contributed by atoms with Gasteiger partial charge in [0.2, 0.25) is 0 Å². The fourth-order valence-corrected chi connectivity index (χ4v) is 2.73. The van der Waals surface area contributed by atoms with E-state index in [1.807, 2.05) is 42.5 Å². The number of benzene rings is 2. The van der Waals surface area contributed by atoms with Crippen molar-refractivity contribution in [3.05, 3.63) is 63.6 Å². The lowest BCUT2D eigenvalue weighted by atomic mass is 9.99. The molecule has 0 amide bonds. The zero-order valence-electron chi connectivity index (χ0n) is 11.1. The molecular weight excluding hydrogens is 304 g/mol. The lowest BCUT2D eigenvalue weighted by molar-refractivity contribution is 0.214. The Hall–Kier alpha value is -1.32. The number of aliphatic hydroxyl groups is 1. The summed E-state index contributed by atoms with van der Waals surface area (Å²) in [5.74, 6) is 0.719. The van der Waals surface area contributed by atoms with Gasteiger partial charge in [0, 0.05) is 10.0 Å². The Morgan fingerprint density at radius 3 is 2.47 bits per heavy atom. The Balaban J connectivity index is 2.47. The molecule has 2 rings (SSSR count). The van der Waals surface area contributed by atoms with Crippen molar-refractivity contribution in [2.75, 3.05) is 7.11 Å². The van der Waals surface area contributed by atoms with E-state index in [4.69, 9.17) is 4.74 Å². The van der Waals surface area contributed by atoms with E-state index in [0.29, 0.717) is 0 Å². The highest BCUT2D eigenvalue weighted by Gasteiger charge is 2.17. The van der Waals surface area contributed by atoms with E-state index in [2.05, 4.69) is 22.9 Å². The van der Waals surface area contributed by atoms with E-state index < -0.39 is 6.10 Å². The molecule has 0 aromatic heterocycles. The number of hydrogen-bond donors (Lipinski definition) is 1. The molecule has 100 valence electrons. The highest BCUT2D eigenvalue weighted by molar-refractivity contribution is 9.10. The van der Waals surface area contributed by atoms with Crippen LogP contribution in [0.3, 0.4) is 0 Å². The first-order valence-corrected chi connectivity index (χ1v) is 7.06. The second kappa shape index (κ2) is 6.22. The van der Waals surface area contributed by atoms with Crippen LogP contribution in [0.2, 0.25) is 0 Å². The third-order valence-corrected chi connectivity index (χ3v) is 3.93. The summed E-state index contributed by atoms with van der Waals surface area (Å²) in [5, 5.41) is 10.5. The monoisotopic (exact) mass is 320 g/mol. The molecule has 0 bridgehead atoms. The second-order valence-electron chi connectivity index (χ2n) is 4.35. The first-order chi connectivity index (χ1) is 9.17. The quantitative estimate of drug-likeness (QED) is 0.918. The standard InChI is InChI=1S/C16H17BrO2/c1-3-11-9-15(19-2)13(10-14(11)17)16(18)12-7-5-4-6-8-12/h4-10,16,18H,3H2,1-2H3. The normalized spacial score (nSPS) is 12.2. The largest absolute Gasteiger partial charge is 0.496 e. The molecule has 0 saturated carbocycles. The molecule has 0 heterocycles. The van der Waals surface area contributed by atoms with Gasteiger partial charge < -0.3 is 9.84 Å². The molecule has 0 saturated heterocycles. The van der Waals surface area contributed by atoms with Gasteiger partial charge in [0.1, 0.15) is 11.9 Å². The Bertz CT molecular complexity index is 552. The van der Waals surface area contributed by atoms with Crippen molar-refractivity contribution in [3.63, 3.8) is 0 Å². The third-order valence-electron chi connectivity index (χ3n) is 3.19. The third kappa shape index (κ3) is 2.99. The number of rotatable bonds is 4. The number of aryl methyl sites for hydroxylation is 1. The van der Waals surface area contributed by atoms with Gasteiger partial charge in [-0.05, 0) is 29.7 Å². The summed E-state index contributed by atoms with van der Waals surface area (Å²) in [5.41, 5.74) is 2.80. The minimum atomic E-state index is -0.682. The van der Waals surface area contributed by atoms with E-state index in [1.165, 1.54) is 5.56 Å². The van der Waals surface area contributed by atoms with Crippen LogP contribution in [0, 0.1) is 0 Å². The summed E-state index contributed by atoms with van der Waals surface area (Å²) in [7, 11) is 1.63. The van der Waals surface area contributed by atoms with Crippen molar-refractivity contribution in [1.29, 1.82) is 0 Å². The molecule has 0 radical (unpaired) electrons. The molecule has 19 heavy (non-hydrogen) atoms. The van der Waals surface area contributed by atoms with Crippen LogP contribution in [0.4, 0.5) is 0 Å². The summed E-state index contributed by atoms with van der Waals surface area (Å²) >= 11 is 3.54. The molecule has 2 aromatic rings. The highest BCUT2D eigenvalue weighted by atomic mass is 79.9. The number of halogens is 1. The first-order valence-electron chi connectivity index (χ1n) is 6.26. The van der Waals surface area contributed by atoms with Crippen molar-refractivity contribution in [3.8, 4) is 5.75 Å². The van der Waals surface area contributed by atoms with Gasteiger partial charge in [0.15, 0.2) is 0 Å². The van der Waals surface area contributed by atoms with Crippen LogP contribution in [0.15, 0.2) is 46.9 Å². The van der Waals surface area contributed by atoms with E-state index in [0.717, 1.165) is 27.8 Å². The van der Waals surface area contributed by atoms with Gasteiger partial charge >= 0.3 is 0 Å². The molecule has 2 aromatic carbocycles. The summed E-state index contributed by atoms with van der Waals surface area (Å²) in [4.78, 5) is 0. The molecule has 0 fully saturated rings. The van der Waals surface area contributed by atoms with Gasteiger partial charge in [-0.15, -0.1) is 0 Å². The second-order valence-corrected chi connectivity index (χ2v) is 5.21. The molecule has 2 nitrogen and oxygen atoms in total. The Morgan fingerprint density at radius 1 is 1.21 bits per heavy atom. The van der Waals surface area contributed by atoms with E-state index >= 15 is 0 Å². The van der Waals surface area contributed by atoms with Crippen molar-refractivity contribution >= 4 is 15.9 Å². The van der Waals surface area contributed by atoms with Gasteiger partial charge in [-0.1, -0.05) is 53.2 Å². The summed E-state index contributed by atoms with van der Waals surface area (Å²) in [6.07, 6.45) is 0.233. The predicted molar refractivity (Wildman–Crippen MR) is 80.6 cm³/mol. The fraction of sp³-hybridized carbons (Fsp3) is 0.250. The SMILES string of the molecule is CCc1cc(OC)c(C(O)c2ccccc2)cc1Br. The number of hydrogen-bond acceptors (Lipinski definition) is 2. The maximum atomic E-state index is 10.5. The molecule has 0 aliphatic carbocycles. The Kier molecular flexibility index (Phi) is 4.61.